The molecule has 1 aromatic heterocycles. The molecule has 5 heteroatoms. The molecule has 3 heterocycles. The number of hydrogen-bond acceptors (Lipinski definition) is 4. The third-order valence-corrected chi connectivity index (χ3v) is 5.77. The fourth-order valence-corrected chi connectivity index (χ4v) is 4.25. The number of likely N-dealkylation sites (tertiary alicyclic amines) is 1. The molecular weight excluding hydrogens is 270 g/mol. The number of carbonyl (C=O) groups is 1. The minimum absolute atomic E-state index is 0.119. The van der Waals surface area contributed by atoms with Crippen LogP contribution in [0.4, 0.5) is 0 Å². The molecule has 110 valence electrons. The summed E-state index contributed by atoms with van der Waals surface area (Å²) in [5.41, 5.74) is 0.119. The first kappa shape index (κ1) is 14.0. The molecule has 2 aliphatic heterocycles. The quantitative estimate of drug-likeness (QED) is 0.879. The first-order valence-electron chi connectivity index (χ1n) is 7.32. The summed E-state index contributed by atoms with van der Waals surface area (Å²) in [7, 11) is 0. The van der Waals surface area contributed by atoms with Crippen LogP contribution in [0.15, 0.2) is 17.5 Å². The van der Waals surface area contributed by atoms with Crippen molar-refractivity contribution in [3.05, 3.63) is 22.4 Å². The number of nitrogens with zero attached hydrogens (tertiary/aromatic N) is 1. The van der Waals surface area contributed by atoms with E-state index in [4.69, 9.17) is 0 Å². The van der Waals surface area contributed by atoms with Gasteiger partial charge in [0, 0.05) is 23.5 Å². The standard InChI is InChI=1S/C15H23N3OS/c1-15(2)13-8-16-6-11(13)9-18(15)10-14(19)17-7-12-4-3-5-20-12/h3-5,11,13,16H,6-10H2,1-2H3,(H,17,19). The van der Waals surface area contributed by atoms with Crippen LogP contribution in [-0.4, -0.2) is 42.5 Å². The minimum Gasteiger partial charge on any atom is -0.350 e. The Hall–Kier alpha value is -0.910. The molecule has 3 rings (SSSR count). The van der Waals surface area contributed by atoms with Crippen LogP contribution >= 0.6 is 11.3 Å². The molecule has 2 saturated heterocycles. The molecule has 2 fully saturated rings. The van der Waals surface area contributed by atoms with Gasteiger partial charge < -0.3 is 10.6 Å². The van der Waals surface area contributed by atoms with Gasteiger partial charge in [0.25, 0.3) is 0 Å². The molecule has 2 atom stereocenters. The molecule has 2 aliphatic rings. The number of fused-ring (bicyclic) bond motifs is 1. The van der Waals surface area contributed by atoms with Gasteiger partial charge in [-0.15, -0.1) is 11.3 Å². The zero-order chi connectivity index (χ0) is 14.2. The van der Waals surface area contributed by atoms with Crippen LogP contribution in [0.2, 0.25) is 0 Å². The Morgan fingerprint density at radius 3 is 3.10 bits per heavy atom. The van der Waals surface area contributed by atoms with Crippen molar-refractivity contribution in [3.8, 4) is 0 Å². The van der Waals surface area contributed by atoms with Gasteiger partial charge in [-0.05, 0) is 43.7 Å². The first-order valence-corrected chi connectivity index (χ1v) is 8.20. The van der Waals surface area contributed by atoms with E-state index in [0.29, 0.717) is 24.9 Å². The van der Waals surface area contributed by atoms with Gasteiger partial charge in [0.05, 0.1) is 13.1 Å². The van der Waals surface area contributed by atoms with Crippen LogP contribution in [0.25, 0.3) is 0 Å². The Kier molecular flexibility index (Phi) is 3.84. The van der Waals surface area contributed by atoms with E-state index in [1.165, 1.54) is 4.88 Å². The van der Waals surface area contributed by atoms with E-state index in [9.17, 15) is 4.79 Å². The van der Waals surface area contributed by atoms with Crippen molar-refractivity contribution in [2.75, 3.05) is 26.2 Å². The van der Waals surface area contributed by atoms with Crippen molar-refractivity contribution in [2.45, 2.75) is 25.9 Å². The molecule has 4 nitrogen and oxygen atoms in total. The molecule has 2 N–H and O–H groups in total. The van der Waals surface area contributed by atoms with Gasteiger partial charge in [-0.1, -0.05) is 6.07 Å². The maximum Gasteiger partial charge on any atom is 0.234 e. The van der Waals surface area contributed by atoms with Crippen molar-refractivity contribution >= 4 is 17.2 Å². The van der Waals surface area contributed by atoms with Crippen LogP contribution in [-0.2, 0) is 11.3 Å². The van der Waals surface area contributed by atoms with Crippen LogP contribution < -0.4 is 10.6 Å². The molecule has 0 spiro atoms. The molecule has 0 saturated carbocycles. The van der Waals surface area contributed by atoms with Gasteiger partial charge in [0.2, 0.25) is 5.91 Å². The summed E-state index contributed by atoms with van der Waals surface area (Å²) in [5.74, 6) is 1.52. The number of amides is 1. The second-order valence-electron chi connectivity index (χ2n) is 6.42. The van der Waals surface area contributed by atoms with E-state index in [-0.39, 0.29) is 11.4 Å². The van der Waals surface area contributed by atoms with Crippen molar-refractivity contribution in [2.24, 2.45) is 11.8 Å². The largest absolute Gasteiger partial charge is 0.350 e. The fraction of sp³-hybridized carbons (Fsp3) is 0.667. The van der Waals surface area contributed by atoms with E-state index in [2.05, 4.69) is 35.4 Å². The highest BCUT2D eigenvalue weighted by Gasteiger charge is 2.49. The molecule has 0 aliphatic carbocycles. The smallest absolute Gasteiger partial charge is 0.234 e. The summed E-state index contributed by atoms with van der Waals surface area (Å²) >= 11 is 1.68. The molecule has 0 aromatic carbocycles. The lowest BCUT2D eigenvalue weighted by atomic mass is 9.85. The maximum atomic E-state index is 12.1. The molecular formula is C15H23N3OS. The van der Waals surface area contributed by atoms with Crippen molar-refractivity contribution in [1.82, 2.24) is 15.5 Å². The van der Waals surface area contributed by atoms with Crippen LogP contribution in [0, 0.1) is 11.8 Å². The second kappa shape index (κ2) is 5.47. The molecule has 1 aromatic rings. The van der Waals surface area contributed by atoms with Gasteiger partial charge in [0.15, 0.2) is 0 Å². The Morgan fingerprint density at radius 1 is 1.55 bits per heavy atom. The number of carbonyl (C=O) groups excluding carboxylic acids is 1. The zero-order valence-electron chi connectivity index (χ0n) is 12.2. The average Bonchev–Trinajstić information content (AvgIpc) is 3.09. The van der Waals surface area contributed by atoms with Crippen LogP contribution in [0.1, 0.15) is 18.7 Å². The first-order chi connectivity index (χ1) is 9.57. The Bertz CT molecular complexity index is 471. The van der Waals surface area contributed by atoms with E-state index < -0.39 is 0 Å². The zero-order valence-corrected chi connectivity index (χ0v) is 13.0. The molecule has 1 amide bonds. The van der Waals surface area contributed by atoms with Gasteiger partial charge in [-0.2, -0.15) is 0 Å². The predicted molar refractivity (Wildman–Crippen MR) is 81.7 cm³/mol. The lowest BCUT2D eigenvalue weighted by Crippen LogP contribution is -2.48. The monoisotopic (exact) mass is 293 g/mol. The Morgan fingerprint density at radius 2 is 2.40 bits per heavy atom. The third kappa shape index (κ3) is 2.62. The predicted octanol–water partition coefficient (Wildman–Crippen LogP) is 1.29. The van der Waals surface area contributed by atoms with E-state index >= 15 is 0 Å². The maximum absolute atomic E-state index is 12.1. The summed E-state index contributed by atoms with van der Waals surface area (Å²) in [5, 5.41) is 8.54. The highest BCUT2D eigenvalue weighted by molar-refractivity contribution is 7.09. The van der Waals surface area contributed by atoms with Crippen LogP contribution in [0.3, 0.4) is 0 Å². The highest BCUT2D eigenvalue weighted by Crippen LogP contribution is 2.40. The lowest BCUT2D eigenvalue weighted by Gasteiger charge is -2.35. The van der Waals surface area contributed by atoms with Crippen molar-refractivity contribution < 1.29 is 4.79 Å². The molecule has 2 unspecified atom stereocenters. The van der Waals surface area contributed by atoms with E-state index in [1.807, 2.05) is 11.4 Å². The second-order valence-corrected chi connectivity index (χ2v) is 7.45. The Labute approximate surface area is 124 Å². The highest BCUT2D eigenvalue weighted by atomic mass is 32.1. The topological polar surface area (TPSA) is 44.4 Å². The summed E-state index contributed by atoms with van der Waals surface area (Å²) in [6, 6.07) is 4.07. The van der Waals surface area contributed by atoms with Gasteiger partial charge in [-0.25, -0.2) is 0 Å². The van der Waals surface area contributed by atoms with E-state index in [1.54, 1.807) is 11.3 Å². The summed E-state index contributed by atoms with van der Waals surface area (Å²) in [6.45, 7) is 8.95. The third-order valence-electron chi connectivity index (χ3n) is 4.89. The van der Waals surface area contributed by atoms with Gasteiger partial charge >= 0.3 is 0 Å². The summed E-state index contributed by atoms with van der Waals surface area (Å²) < 4.78 is 0. The molecule has 20 heavy (non-hydrogen) atoms. The van der Waals surface area contributed by atoms with Gasteiger partial charge in [-0.3, -0.25) is 9.69 Å². The number of thiophene rings is 1. The number of nitrogens with one attached hydrogen (secondary N) is 2. The van der Waals surface area contributed by atoms with E-state index in [0.717, 1.165) is 19.6 Å². The normalized spacial score (nSPS) is 28.5. The fourth-order valence-electron chi connectivity index (χ4n) is 3.60. The van der Waals surface area contributed by atoms with Gasteiger partial charge in [0.1, 0.15) is 0 Å². The van der Waals surface area contributed by atoms with Crippen LogP contribution in [0.5, 0.6) is 0 Å². The summed E-state index contributed by atoms with van der Waals surface area (Å²) in [6.07, 6.45) is 0. The molecule has 0 radical (unpaired) electrons. The van der Waals surface area contributed by atoms with Crippen molar-refractivity contribution in [1.29, 1.82) is 0 Å². The minimum atomic E-state index is 0.119. The Balaban J connectivity index is 1.54. The number of hydrogen-bond donors (Lipinski definition) is 2. The lowest BCUT2D eigenvalue weighted by molar-refractivity contribution is -0.123. The average molecular weight is 293 g/mol. The summed E-state index contributed by atoms with van der Waals surface area (Å²) in [4.78, 5) is 15.7. The number of rotatable bonds is 4. The van der Waals surface area contributed by atoms with Crippen molar-refractivity contribution in [3.63, 3.8) is 0 Å². The SMILES string of the molecule is CC1(C)C2CNCC2CN1CC(=O)NCc1cccs1. The molecule has 0 bridgehead atoms.